The first-order valence-electron chi connectivity index (χ1n) is 5.38. The fourth-order valence-corrected chi connectivity index (χ4v) is 1.43. The lowest BCUT2D eigenvalue weighted by Gasteiger charge is -2.03. The van der Waals surface area contributed by atoms with Gasteiger partial charge in [-0.15, -0.1) is 0 Å². The molecule has 0 fully saturated rings. The maximum Gasteiger partial charge on any atom is 0.222 e. The normalized spacial score (nSPS) is 9.59. The predicted molar refractivity (Wildman–Crippen MR) is 66.2 cm³/mol. The summed E-state index contributed by atoms with van der Waals surface area (Å²) in [5.74, 6) is 0.555. The van der Waals surface area contributed by atoms with Gasteiger partial charge in [-0.05, 0) is 5.56 Å². The maximum absolute atomic E-state index is 8.41. The Hall–Kier alpha value is -2.41. The smallest absolute Gasteiger partial charge is 0.222 e. The van der Waals surface area contributed by atoms with Gasteiger partial charge in [0.25, 0.3) is 0 Å². The van der Waals surface area contributed by atoms with E-state index in [0.29, 0.717) is 18.9 Å². The van der Waals surface area contributed by atoms with Crippen LogP contribution in [0.15, 0.2) is 42.7 Å². The summed E-state index contributed by atoms with van der Waals surface area (Å²) in [5, 5.41) is 11.4. The summed E-state index contributed by atoms with van der Waals surface area (Å²) < 4.78 is 0. The van der Waals surface area contributed by atoms with E-state index in [0.717, 1.165) is 11.1 Å². The number of anilines is 1. The highest BCUT2D eigenvalue weighted by Gasteiger charge is 1.99. The van der Waals surface area contributed by atoms with Crippen LogP contribution in [-0.2, 0) is 0 Å². The van der Waals surface area contributed by atoms with Crippen molar-refractivity contribution in [1.82, 2.24) is 9.97 Å². The highest BCUT2D eigenvalue weighted by Crippen LogP contribution is 2.16. The van der Waals surface area contributed by atoms with Gasteiger partial charge in [-0.1, -0.05) is 30.3 Å². The molecule has 17 heavy (non-hydrogen) atoms. The van der Waals surface area contributed by atoms with Gasteiger partial charge >= 0.3 is 0 Å². The third-order valence-corrected chi connectivity index (χ3v) is 2.28. The van der Waals surface area contributed by atoms with Gasteiger partial charge in [-0.2, -0.15) is 5.26 Å². The van der Waals surface area contributed by atoms with Crippen LogP contribution in [0, 0.1) is 11.3 Å². The van der Waals surface area contributed by atoms with E-state index in [1.54, 1.807) is 12.4 Å². The monoisotopic (exact) mass is 224 g/mol. The molecule has 0 aliphatic rings. The zero-order valence-corrected chi connectivity index (χ0v) is 9.30. The molecule has 0 saturated heterocycles. The Bertz CT molecular complexity index is 499. The van der Waals surface area contributed by atoms with Crippen molar-refractivity contribution in [2.24, 2.45) is 0 Å². The van der Waals surface area contributed by atoms with Crippen LogP contribution in [0.3, 0.4) is 0 Å². The minimum absolute atomic E-state index is 0.448. The molecule has 0 amide bonds. The highest BCUT2D eigenvalue weighted by atomic mass is 15.1. The summed E-state index contributed by atoms with van der Waals surface area (Å²) in [4.78, 5) is 8.39. The van der Waals surface area contributed by atoms with Gasteiger partial charge in [0.15, 0.2) is 0 Å². The van der Waals surface area contributed by atoms with Gasteiger partial charge in [-0.3, -0.25) is 0 Å². The Morgan fingerprint density at radius 3 is 2.41 bits per heavy atom. The van der Waals surface area contributed by atoms with Crippen molar-refractivity contribution in [2.75, 3.05) is 11.9 Å². The van der Waals surface area contributed by atoms with Gasteiger partial charge < -0.3 is 5.32 Å². The summed E-state index contributed by atoms with van der Waals surface area (Å²) in [7, 11) is 0. The molecular weight excluding hydrogens is 212 g/mol. The molecule has 0 atom stereocenters. The van der Waals surface area contributed by atoms with Crippen LogP contribution in [0.25, 0.3) is 11.1 Å². The molecule has 4 heteroatoms. The molecule has 0 unspecified atom stereocenters. The molecule has 2 aromatic rings. The molecular formula is C13H12N4. The largest absolute Gasteiger partial charge is 0.353 e. The summed E-state index contributed by atoms with van der Waals surface area (Å²) in [6.45, 7) is 0.571. The lowest BCUT2D eigenvalue weighted by atomic mass is 10.1. The van der Waals surface area contributed by atoms with Gasteiger partial charge in [0.1, 0.15) is 0 Å². The van der Waals surface area contributed by atoms with Crippen molar-refractivity contribution in [1.29, 1.82) is 5.26 Å². The van der Waals surface area contributed by atoms with Crippen molar-refractivity contribution in [2.45, 2.75) is 6.42 Å². The summed E-state index contributed by atoms with van der Waals surface area (Å²) in [6, 6.07) is 12.0. The van der Waals surface area contributed by atoms with Gasteiger partial charge in [0.05, 0.1) is 12.5 Å². The third kappa shape index (κ3) is 3.02. The minimum Gasteiger partial charge on any atom is -0.353 e. The molecule has 4 nitrogen and oxygen atoms in total. The van der Waals surface area contributed by atoms with Crippen molar-refractivity contribution in [3.05, 3.63) is 42.7 Å². The highest BCUT2D eigenvalue weighted by molar-refractivity contribution is 5.61. The molecule has 1 N–H and O–H groups in total. The number of nitrogens with one attached hydrogen (secondary N) is 1. The number of nitriles is 1. The average molecular weight is 224 g/mol. The summed E-state index contributed by atoms with van der Waals surface area (Å²) in [6.07, 6.45) is 4.00. The standard InChI is InChI=1S/C13H12N4/c14-7-4-8-15-13-16-9-12(10-17-13)11-5-2-1-3-6-11/h1-3,5-6,9-10H,4,8H2,(H,15,16,17). The summed E-state index contributed by atoms with van der Waals surface area (Å²) >= 11 is 0. The van der Waals surface area contributed by atoms with E-state index in [9.17, 15) is 0 Å². The zero-order valence-electron chi connectivity index (χ0n) is 9.30. The second-order valence-electron chi connectivity index (χ2n) is 3.50. The SMILES string of the molecule is N#CCCNc1ncc(-c2ccccc2)cn1. The second kappa shape index (κ2) is 5.61. The van der Waals surface area contributed by atoms with E-state index in [4.69, 9.17) is 5.26 Å². The number of aromatic nitrogens is 2. The molecule has 1 heterocycles. The predicted octanol–water partition coefficient (Wildman–Crippen LogP) is 2.47. The van der Waals surface area contributed by atoms with Crippen molar-refractivity contribution >= 4 is 5.95 Å². The minimum atomic E-state index is 0.448. The number of hydrogen-bond donors (Lipinski definition) is 1. The summed E-state index contributed by atoms with van der Waals surface area (Å²) in [5.41, 5.74) is 2.08. The Balaban J connectivity index is 2.06. The fourth-order valence-electron chi connectivity index (χ4n) is 1.43. The molecule has 0 saturated carbocycles. The van der Waals surface area contributed by atoms with E-state index in [-0.39, 0.29) is 0 Å². The second-order valence-corrected chi connectivity index (χ2v) is 3.50. The lowest BCUT2D eigenvalue weighted by Crippen LogP contribution is -2.04. The number of benzene rings is 1. The van der Waals surface area contributed by atoms with Crippen molar-refractivity contribution in [3.8, 4) is 17.2 Å². The molecule has 84 valence electrons. The molecule has 0 spiro atoms. The first-order chi connectivity index (χ1) is 8.40. The number of rotatable bonds is 4. The molecule has 0 bridgehead atoms. The average Bonchev–Trinajstić information content (AvgIpc) is 2.41. The quantitative estimate of drug-likeness (QED) is 0.810. The molecule has 2 rings (SSSR count). The number of hydrogen-bond acceptors (Lipinski definition) is 4. The first kappa shape index (κ1) is 11.1. The Labute approximate surface area is 100.0 Å². The van der Waals surface area contributed by atoms with Crippen LogP contribution in [0.2, 0.25) is 0 Å². The van der Waals surface area contributed by atoms with Gasteiger partial charge in [0.2, 0.25) is 5.95 Å². The van der Waals surface area contributed by atoms with Crippen LogP contribution < -0.4 is 5.32 Å². The molecule has 0 aliphatic carbocycles. The van der Waals surface area contributed by atoms with Gasteiger partial charge in [-0.25, -0.2) is 9.97 Å². The van der Waals surface area contributed by atoms with E-state index in [1.807, 2.05) is 30.3 Å². The van der Waals surface area contributed by atoms with Crippen LogP contribution in [0.4, 0.5) is 5.95 Å². The Morgan fingerprint density at radius 1 is 1.06 bits per heavy atom. The molecule has 0 aliphatic heterocycles. The number of nitrogens with zero attached hydrogens (tertiary/aromatic N) is 3. The third-order valence-electron chi connectivity index (χ3n) is 2.28. The van der Waals surface area contributed by atoms with E-state index >= 15 is 0 Å². The lowest BCUT2D eigenvalue weighted by molar-refractivity contribution is 1.02. The van der Waals surface area contributed by atoms with E-state index in [2.05, 4.69) is 21.4 Å². The van der Waals surface area contributed by atoms with Crippen molar-refractivity contribution in [3.63, 3.8) is 0 Å². The Morgan fingerprint density at radius 2 is 1.76 bits per heavy atom. The fraction of sp³-hybridized carbons (Fsp3) is 0.154. The van der Waals surface area contributed by atoms with E-state index < -0.39 is 0 Å². The molecule has 1 aromatic heterocycles. The topological polar surface area (TPSA) is 61.6 Å². The molecule has 0 radical (unpaired) electrons. The molecule has 1 aromatic carbocycles. The maximum atomic E-state index is 8.41. The Kier molecular flexibility index (Phi) is 3.66. The zero-order chi connectivity index (χ0) is 11.9. The first-order valence-corrected chi connectivity index (χ1v) is 5.38. The van der Waals surface area contributed by atoms with Crippen molar-refractivity contribution < 1.29 is 0 Å². The van der Waals surface area contributed by atoms with Crippen LogP contribution in [0.5, 0.6) is 0 Å². The van der Waals surface area contributed by atoms with Gasteiger partial charge in [0, 0.05) is 24.5 Å². The van der Waals surface area contributed by atoms with Crippen LogP contribution in [-0.4, -0.2) is 16.5 Å². The van der Waals surface area contributed by atoms with Crippen LogP contribution in [0.1, 0.15) is 6.42 Å². The van der Waals surface area contributed by atoms with Crippen LogP contribution >= 0.6 is 0 Å². The van der Waals surface area contributed by atoms with E-state index in [1.165, 1.54) is 0 Å².